The fraction of sp³-hybridized carbons (Fsp3) is 1.00. The molecule has 0 aromatic heterocycles. The van der Waals surface area contributed by atoms with Crippen LogP contribution in [0.25, 0.3) is 0 Å². The topological polar surface area (TPSA) is 84.8 Å². The van der Waals surface area contributed by atoms with Crippen LogP contribution >= 0.6 is 0 Å². The van der Waals surface area contributed by atoms with E-state index in [4.69, 9.17) is 32.8 Å². The average molecular weight is 537 g/mol. The summed E-state index contributed by atoms with van der Waals surface area (Å²) in [4.78, 5) is 0. The number of hydrogen-bond acceptors (Lipinski definition) is 8. The molecule has 2 rings (SSSR count). The highest BCUT2D eigenvalue weighted by molar-refractivity contribution is 6.76. The Morgan fingerprint density at radius 2 is 1.34 bits per heavy atom. The molecule has 0 aromatic carbocycles. The smallest absolute Gasteiger partial charge is 0.192 e. The molecule has 2 aliphatic heterocycles. The van der Waals surface area contributed by atoms with Crippen LogP contribution in [0.3, 0.4) is 0 Å². The molecule has 35 heavy (non-hydrogen) atoms. The van der Waals surface area contributed by atoms with Crippen molar-refractivity contribution in [3.8, 4) is 0 Å². The molecule has 0 unspecified atom stereocenters. The Morgan fingerprint density at radius 3 is 1.83 bits per heavy atom. The molecule has 0 radical (unpaired) electrons. The molecule has 2 saturated heterocycles. The molecule has 0 saturated carbocycles. The minimum absolute atomic E-state index is 0.0277. The standard InChI is InChI=1S/C25H52O8Si2/c1-23(2,3)35(11,12)33-22(20-18(15-26)29-24(4,5)31-20)21-19(30-25(6,7)32-21)16-28-17-27-13-14-34(8,9)10/h18-22,26H,13-17H2,1-12H3/t18-,19-,20-,21+,22-/m1/s1. The van der Waals surface area contributed by atoms with E-state index in [9.17, 15) is 5.11 Å². The van der Waals surface area contributed by atoms with Gasteiger partial charge >= 0.3 is 0 Å². The zero-order valence-corrected chi connectivity index (χ0v) is 26.2. The van der Waals surface area contributed by atoms with E-state index >= 15 is 0 Å². The van der Waals surface area contributed by atoms with E-state index in [1.807, 2.05) is 27.7 Å². The third-order valence-corrected chi connectivity index (χ3v) is 13.1. The van der Waals surface area contributed by atoms with Gasteiger partial charge in [0.05, 0.1) is 13.2 Å². The zero-order chi connectivity index (χ0) is 26.9. The monoisotopic (exact) mass is 536 g/mol. The van der Waals surface area contributed by atoms with Gasteiger partial charge in [-0.3, -0.25) is 0 Å². The molecule has 0 aromatic rings. The average Bonchev–Trinajstić information content (AvgIpc) is 3.15. The first kappa shape index (κ1) is 31.3. The van der Waals surface area contributed by atoms with Crippen molar-refractivity contribution in [3.05, 3.63) is 0 Å². The van der Waals surface area contributed by atoms with E-state index in [0.29, 0.717) is 13.2 Å². The minimum Gasteiger partial charge on any atom is -0.408 e. The Kier molecular flexibility index (Phi) is 10.3. The summed E-state index contributed by atoms with van der Waals surface area (Å²) in [5.41, 5.74) is 0. The number of rotatable bonds is 12. The first-order valence-electron chi connectivity index (χ1n) is 12.9. The van der Waals surface area contributed by atoms with Gasteiger partial charge in [-0.15, -0.1) is 0 Å². The SMILES string of the molecule is CC1(C)O[C@H]([C@H](O[Si](C)(C)C(C)(C)C)[C@@H]2OC(C)(C)O[C@@H]2CO)[C@@H](COCOCC[Si](C)(C)C)O1. The predicted molar refractivity (Wildman–Crippen MR) is 142 cm³/mol. The fourth-order valence-electron chi connectivity index (χ4n) is 4.05. The second kappa shape index (κ2) is 11.5. The van der Waals surface area contributed by atoms with Gasteiger partial charge in [0.15, 0.2) is 19.9 Å². The second-order valence-corrected chi connectivity index (χ2v) is 23.9. The zero-order valence-electron chi connectivity index (χ0n) is 24.2. The minimum atomic E-state index is -2.25. The van der Waals surface area contributed by atoms with Crippen molar-refractivity contribution in [2.24, 2.45) is 0 Å². The molecular weight excluding hydrogens is 484 g/mol. The van der Waals surface area contributed by atoms with E-state index in [-0.39, 0.29) is 24.5 Å². The van der Waals surface area contributed by atoms with E-state index in [0.717, 1.165) is 6.04 Å². The Labute approximate surface area is 215 Å². The summed E-state index contributed by atoms with van der Waals surface area (Å²) in [5.74, 6) is -1.64. The largest absolute Gasteiger partial charge is 0.408 e. The van der Waals surface area contributed by atoms with E-state index < -0.39 is 52.4 Å². The van der Waals surface area contributed by atoms with Crippen molar-refractivity contribution in [3.63, 3.8) is 0 Å². The first-order valence-corrected chi connectivity index (χ1v) is 19.5. The highest BCUT2D eigenvalue weighted by atomic mass is 28.4. The number of aliphatic hydroxyl groups excluding tert-OH is 1. The maximum absolute atomic E-state index is 10.1. The van der Waals surface area contributed by atoms with Crippen LogP contribution in [0.5, 0.6) is 0 Å². The second-order valence-electron chi connectivity index (χ2n) is 13.5. The molecule has 0 bridgehead atoms. The van der Waals surface area contributed by atoms with Crippen molar-refractivity contribution in [1.82, 2.24) is 0 Å². The number of ether oxygens (including phenoxy) is 6. The lowest BCUT2D eigenvalue weighted by molar-refractivity contribution is -0.177. The number of hydrogen-bond donors (Lipinski definition) is 1. The van der Waals surface area contributed by atoms with Crippen molar-refractivity contribution >= 4 is 16.4 Å². The lowest BCUT2D eigenvalue weighted by atomic mass is 10.00. The van der Waals surface area contributed by atoms with E-state index in [1.54, 1.807) is 0 Å². The Morgan fingerprint density at radius 1 is 0.829 bits per heavy atom. The summed E-state index contributed by atoms with van der Waals surface area (Å²) in [6, 6.07) is 1.09. The van der Waals surface area contributed by atoms with Gasteiger partial charge in [0.25, 0.3) is 0 Å². The Balaban J connectivity index is 2.21. The summed E-state index contributed by atoms with van der Waals surface area (Å²) < 4.78 is 43.5. The maximum atomic E-state index is 10.1. The van der Waals surface area contributed by atoms with E-state index in [1.165, 1.54) is 0 Å². The van der Waals surface area contributed by atoms with Crippen LogP contribution in [0.4, 0.5) is 0 Å². The van der Waals surface area contributed by atoms with Crippen LogP contribution < -0.4 is 0 Å². The molecule has 2 aliphatic rings. The normalized spacial score (nSPS) is 30.1. The molecule has 5 atom stereocenters. The van der Waals surface area contributed by atoms with Gasteiger partial charge < -0.3 is 38.0 Å². The van der Waals surface area contributed by atoms with Gasteiger partial charge in [-0.1, -0.05) is 40.4 Å². The van der Waals surface area contributed by atoms with Crippen LogP contribution in [0, 0.1) is 0 Å². The molecule has 2 fully saturated rings. The van der Waals surface area contributed by atoms with Gasteiger partial charge in [0, 0.05) is 14.7 Å². The van der Waals surface area contributed by atoms with E-state index in [2.05, 4.69) is 53.5 Å². The molecule has 0 spiro atoms. The van der Waals surface area contributed by atoms with Gasteiger partial charge in [0.1, 0.15) is 37.3 Å². The summed E-state index contributed by atoms with van der Waals surface area (Å²) in [6.07, 6.45) is -2.39. The molecule has 0 amide bonds. The van der Waals surface area contributed by atoms with Crippen LogP contribution in [0.2, 0.25) is 43.8 Å². The van der Waals surface area contributed by atoms with Gasteiger partial charge in [-0.2, -0.15) is 0 Å². The van der Waals surface area contributed by atoms with Gasteiger partial charge in [0.2, 0.25) is 0 Å². The molecule has 10 heteroatoms. The molecule has 8 nitrogen and oxygen atoms in total. The third-order valence-electron chi connectivity index (χ3n) is 6.95. The lowest BCUT2D eigenvalue weighted by Crippen LogP contribution is -2.56. The molecule has 2 heterocycles. The van der Waals surface area contributed by atoms with Crippen molar-refractivity contribution in [1.29, 1.82) is 0 Å². The quantitative estimate of drug-likeness (QED) is 0.218. The molecule has 1 N–H and O–H groups in total. The molecular formula is C25H52O8Si2. The van der Waals surface area contributed by atoms with Gasteiger partial charge in [-0.05, 0) is 51.9 Å². The Bertz CT molecular complexity index is 671. The maximum Gasteiger partial charge on any atom is 0.192 e. The summed E-state index contributed by atoms with van der Waals surface area (Å²) in [6.45, 7) is 26.5. The van der Waals surface area contributed by atoms with Crippen molar-refractivity contribution in [2.75, 3.05) is 26.6 Å². The predicted octanol–water partition coefficient (Wildman–Crippen LogP) is 4.74. The van der Waals surface area contributed by atoms with Crippen LogP contribution in [-0.2, 0) is 32.8 Å². The lowest BCUT2D eigenvalue weighted by Gasteiger charge is -2.43. The van der Waals surface area contributed by atoms with Crippen molar-refractivity contribution in [2.45, 2.75) is 134 Å². The highest BCUT2D eigenvalue weighted by Gasteiger charge is 2.56. The fourth-order valence-corrected chi connectivity index (χ4v) is 6.11. The summed E-state index contributed by atoms with van der Waals surface area (Å²) in [5, 5.41) is 10.1. The molecule has 0 aliphatic carbocycles. The highest BCUT2D eigenvalue weighted by Crippen LogP contribution is 2.43. The van der Waals surface area contributed by atoms with Crippen LogP contribution in [0.15, 0.2) is 0 Å². The first-order chi connectivity index (χ1) is 15.8. The van der Waals surface area contributed by atoms with Crippen LogP contribution in [0.1, 0.15) is 48.5 Å². The van der Waals surface area contributed by atoms with Crippen molar-refractivity contribution < 1.29 is 38.0 Å². The van der Waals surface area contributed by atoms with Crippen LogP contribution in [-0.4, -0.2) is 90.2 Å². The Hall–Kier alpha value is 0.114. The summed E-state index contributed by atoms with van der Waals surface area (Å²) in [7, 11) is -3.40. The summed E-state index contributed by atoms with van der Waals surface area (Å²) >= 11 is 0. The number of aliphatic hydroxyl groups is 1. The third kappa shape index (κ3) is 9.12. The van der Waals surface area contributed by atoms with Gasteiger partial charge in [-0.25, -0.2) is 0 Å². The molecule has 208 valence electrons.